The van der Waals surface area contributed by atoms with Gasteiger partial charge in [0.2, 0.25) is 0 Å². The van der Waals surface area contributed by atoms with Gasteiger partial charge in [0.25, 0.3) is 0 Å². The number of anilines is 1. The van der Waals surface area contributed by atoms with Gasteiger partial charge in [-0.15, -0.1) is 0 Å². The largest absolute Gasteiger partial charge is 0.378 e. The summed E-state index contributed by atoms with van der Waals surface area (Å²) in [4.78, 5) is 6.80. The summed E-state index contributed by atoms with van der Waals surface area (Å²) < 4.78 is 7.50. The first-order chi connectivity index (χ1) is 12.8. The second-order valence-electron chi connectivity index (χ2n) is 6.71. The fourth-order valence-corrected chi connectivity index (χ4v) is 3.52. The third kappa shape index (κ3) is 2.59. The van der Waals surface area contributed by atoms with Gasteiger partial charge in [0.1, 0.15) is 24.1 Å². The molecule has 1 N–H and O–H groups in total. The number of fused-ring (bicyclic) bond motifs is 1. The van der Waals surface area contributed by atoms with Crippen LogP contribution in [0, 0.1) is 0 Å². The molecule has 0 bridgehead atoms. The van der Waals surface area contributed by atoms with E-state index in [0.717, 1.165) is 54.3 Å². The van der Waals surface area contributed by atoms with Crippen molar-refractivity contribution in [2.24, 2.45) is 0 Å². The lowest BCUT2D eigenvalue weighted by Crippen LogP contribution is -2.36. The van der Waals surface area contributed by atoms with Crippen LogP contribution in [0.15, 0.2) is 42.7 Å². The molecule has 0 amide bonds. The average Bonchev–Trinajstić information content (AvgIpc) is 3.09. The van der Waals surface area contributed by atoms with Crippen LogP contribution in [0.25, 0.3) is 27.7 Å². The maximum Gasteiger partial charge on any atom is 0.182 e. The van der Waals surface area contributed by atoms with E-state index in [9.17, 15) is 0 Å². The van der Waals surface area contributed by atoms with Gasteiger partial charge in [-0.1, -0.05) is 6.07 Å². The maximum atomic E-state index is 5.44. The third-order valence-electron chi connectivity index (χ3n) is 4.94. The molecule has 3 aromatic rings. The lowest BCUT2D eigenvalue weighted by molar-refractivity contribution is -0.423. The number of nitrogens with zero attached hydrogens (tertiary/aromatic N) is 4. The smallest absolute Gasteiger partial charge is 0.182 e. The molecule has 0 atom stereocenters. The zero-order valence-electron chi connectivity index (χ0n) is 14.6. The molecule has 6 heteroatoms. The number of rotatable bonds is 3. The highest BCUT2D eigenvalue weighted by molar-refractivity contribution is 6.11. The van der Waals surface area contributed by atoms with Crippen molar-refractivity contribution in [1.82, 2.24) is 15.2 Å². The molecule has 26 heavy (non-hydrogen) atoms. The van der Waals surface area contributed by atoms with Gasteiger partial charge in [-0.2, -0.15) is 5.10 Å². The Balaban J connectivity index is 1.54. The molecule has 2 aliphatic heterocycles. The summed E-state index contributed by atoms with van der Waals surface area (Å²) in [6, 6.07) is 10.6. The molecule has 6 nitrogen and oxygen atoms in total. The summed E-state index contributed by atoms with van der Waals surface area (Å²) in [5.74, 6) is 0.981. The van der Waals surface area contributed by atoms with Crippen molar-refractivity contribution in [2.45, 2.75) is 0 Å². The Bertz CT molecular complexity index is 1040. The highest BCUT2D eigenvalue weighted by Crippen LogP contribution is 2.30. The van der Waals surface area contributed by atoms with Crippen LogP contribution in [-0.2, 0) is 4.74 Å². The highest BCUT2D eigenvalue weighted by atomic mass is 16.5. The number of benzene rings is 1. The SMILES string of the molecule is C[N+]1=CC(c2ccc3[nH]nc(-c4ccnc(N5CCOCC5)c4)c3c2)=C1. The normalized spacial score (nSPS) is 17.0. The molecule has 2 aromatic heterocycles. The Morgan fingerprint density at radius 3 is 2.77 bits per heavy atom. The van der Waals surface area contributed by atoms with Crippen LogP contribution in [-0.4, -0.2) is 59.3 Å². The van der Waals surface area contributed by atoms with Gasteiger partial charge < -0.3 is 9.64 Å². The standard InChI is InChI=1S/C20H20N5O/c1-24-12-16(13-24)14-2-3-18-17(10-14)20(23-22-18)15-4-5-21-19(11-15)25-6-8-26-9-7-25/h2-5,10-13H,6-9H2,1H3,(H,22,23)/q+1. The lowest BCUT2D eigenvalue weighted by atomic mass is 10.0. The summed E-state index contributed by atoms with van der Waals surface area (Å²) in [6.07, 6.45) is 6.12. The number of nitrogens with one attached hydrogen (secondary N) is 1. The van der Waals surface area contributed by atoms with E-state index in [-0.39, 0.29) is 0 Å². The molecule has 1 aromatic carbocycles. The fraction of sp³-hybridized carbons (Fsp3) is 0.250. The van der Waals surface area contributed by atoms with Crippen LogP contribution in [0.4, 0.5) is 5.82 Å². The zero-order valence-corrected chi connectivity index (χ0v) is 14.6. The molecule has 2 aliphatic rings. The summed E-state index contributed by atoms with van der Waals surface area (Å²) in [5, 5.41) is 8.86. The quantitative estimate of drug-likeness (QED) is 0.741. The Morgan fingerprint density at radius 2 is 1.96 bits per heavy atom. The van der Waals surface area contributed by atoms with E-state index < -0.39 is 0 Å². The predicted molar refractivity (Wildman–Crippen MR) is 103 cm³/mol. The zero-order chi connectivity index (χ0) is 17.5. The van der Waals surface area contributed by atoms with E-state index >= 15 is 0 Å². The van der Waals surface area contributed by atoms with E-state index in [1.807, 2.05) is 19.3 Å². The van der Waals surface area contributed by atoms with Crippen LogP contribution in [0.1, 0.15) is 5.56 Å². The van der Waals surface area contributed by atoms with Crippen molar-refractivity contribution < 1.29 is 9.31 Å². The fourth-order valence-electron chi connectivity index (χ4n) is 3.52. The van der Waals surface area contributed by atoms with Gasteiger partial charge >= 0.3 is 0 Å². The minimum absolute atomic E-state index is 0.751. The molecular formula is C20H20N5O+. The van der Waals surface area contributed by atoms with Crippen molar-refractivity contribution in [3.05, 3.63) is 48.3 Å². The van der Waals surface area contributed by atoms with Crippen LogP contribution in [0.5, 0.6) is 0 Å². The first kappa shape index (κ1) is 15.3. The van der Waals surface area contributed by atoms with E-state index in [1.165, 1.54) is 11.1 Å². The van der Waals surface area contributed by atoms with Crippen LogP contribution < -0.4 is 4.90 Å². The molecule has 0 radical (unpaired) electrons. The predicted octanol–water partition coefficient (Wildman–Crippen LogP) is 2.53. The first-order valence-corrected chi connectivity index (χ1v) is 8.84. The number of aromatic amines is 1. The monoisotopic (exact) mass is 346 g/mol. The Labute approximate surface area is 151 Å². The number of hydrogen-bond acceptors (Lipinski definition) is 4. The van der Waals surface area contributed by atoms with Crippen molar-refractivity contribution in [3.63, 3.8) is 0 Å². The van der Waals surface area contributed by atoms with Gasteiger partial charge in [-0.25, -0.2) is 9.56 Å². The van der Waals surface area contributed by atoms with E-state index in [2.05, 4.69) is 61.3 Å². The van der Waals surface area contributed by atoms with Gasteiger partial charge in [0.15, 0.2) is 12.4 Å². The number of H-pyrrole nitrogens is 1. The lowest BCUT2D eigenvalue weighted by Gasteiger charge is -2.27. The Hall–Kier alpha value is -2.99. The van der Waals surface area contributed by atoms with E-state index in [1.54, 1.807) is 0 Å². The first-order valence-electron chi connectivity index (χ1n) is 8.84. The minimum atomic E-state index is 0.751. The van der Waals surface area contributed by atoms with Crippen molar-refractivity contribution in [2.75, 3.05) is 38.3 Å². The molecule has 0 aliphatic carbocycles. The van der Waals surface area contributed by atoms with Crippen molar-refractivity contribution >= 4 is 28.5 Å². The maximum absolute atomic E-state index is 5.44. The topological polar surface area (TPSA) is 57.0 Å². The second-order valence-corrected chi connectivity index (χ2v) is 6.71. The van der Waals surface area contributed by atoms with Gasteiger partial charge in [0, 0.05) is 30.2 Å². The Morgan fingerprint density at radius 1 is 1.12 bits per heavy atom. The van der Waals surface area contributed by atoms with Gasteiger partial charge in [-0.05, 0) is 29.8 Å². The van der Waals surface area contributed by atoms with Gasteiger partial charge in [0.05, 0.1) is 18.7 Å². The third-order valence-corrected chi connectivity index (χ3v) is 4.94. The highest BCUT2D eigenvalue weighted by Gasteiger charge is 2.18. The number of morpholine rings is 1. The molecule has 1 saturated heterocycles. The molecule has 0 unspecified atom stereocenters. The minimum Gasteiger partial charge on any atom is -0.378 e. The molecule has 0 spiro atoms. The number of aromatic nitrogens is 3. The molecular weight excluding hydrogens is 326 g/mol. The summed E-state index contributed by atoms with van der Waals surface area (Å²) >= 11 is 0. The van der Waals surface area contributed by atoms with E-state index in [0.29, 0.717) is 0 Å². The summed E-state index contributed by atoms with van der Waals surface area (Å²) in [5.41, 5.74) is 5.54. The molecule has 0 saturated carbocycles. The van der Waals surface area contributed by atoms with Gasteiger partial charge in [-0.3, -0.25) is 5.10 Å². The van der Waals surface area contributed by atoms with Crippen LogP contribution in [0.3, 0.4) is 0 Å². The van der Waals surface area contributed by atoms with E-state index in [4.69, 9.17) is 4.74 Å². The molecule has 5 rings (SSSR count). The Kier molecular flexibility index (Phi) is 3.57. The molecule has 1 fully saturated rings. The number of hydrogen-bond donors (Lipinski definition) is 1. The van der Waals surface area contributed by atoms with Crippen molar-refractivity contribution in [3.8, 4) is 11.3 Å². The molecule has 4 heterocycles. The van der Waals surface area contributed by atoms with Crippen LogP contribution in [0.2, 0.25) is 0 Å². The summed E-state index contributed by atoms with van der Waals surface area (Å²) in [7, 11) is 2.04. The number of allylic oxidation sites excluding steroid dienone is 1. The van der Waals surface area contributed by atoms with Crippen molar-refractivity contribution in [1.29, 1.82) is 0 Å². The number of pyridine rings is 1. The average molecular weight is 346 g/mol. The second kappa shape index (κ2) is 6.07. The number of ether oxygens (including phenoxy) is 1. The van der Waals surface area contributed by atoms with Crippen LogP contribution >= 0.6 is 0 Å². The summed E-state index contributed by atoms with van der Waals surface area (Å²) in [6.45, 7) is 3.25. The molecule has 130 valence electrons.